The Balaban J connectivity index is 1.65. The van der Waals surface area contributed by atoms with Crippen LogP contribution < -0.4 is 5.73 Å². The monoisotopic (exact) mass is 264 g/mol. The molecule has 0 bridgehead atoms. The smallest absolute Gasteiger partial charge is 0.0332 e. The van der Waals surface area contributed by atoms with Crippen molar-refractivity contribution >= 4 is 0 Å². The highest BCUT2D eigenvalue weighted by Crippen LogP contribution is 2.52. The SMILES string of the molecule is CCC1CCN(C2(CN)CCC3(CCCC3)CC2)C1. The zero-order valence-electron chi connectivity index (χ0n) is 12.8. The summed E-state index contributed by atoms with van der Waals surface area (Å²) in [7, 11) is 0. The molecule has 2 heteroatoms. The van der Waals surface area contributed by atoms with E-state index >= 15 is 0 Å². The second-order valence-corrected chi connectivity index (χ2v) is 7.64. The van der Waals surface area contributed by atoms with Crippen molar-refractivity contribution in [1.29, 1.82) is 0 Å². The molecule has 1 heterocycles. The summed E-state index contributed by atoms with van der Waals surface area (Å²) in [6.45, 7) is 5.86. The van der Waals surface area contributed by atoms with Gasteiger partial charge in [0.25, 0.3) is 0 Å². The van der Waals surface area contributed by atoms with Crippen LogP contribution in [0.5, 0.6) is 0 Å². The number of nitrogens with two attached hydrogens (primary N) is 1. The first kappa shape index (κ1) is 13.9. The van der Waals surface area contributed by atoms with Gasteiger partial charge in [0, 0.05) is 18.6 Å². The van der Waals surface area contributed by atoms with Crippen molar-refractivity contribution in [1.82, 2.24) is 4.90 Å². The molecule has 0 amide bonds. The first-order chi connectivity index (χ1) is 9.22. The molecule has 0 aromatic rings. The lowest BCUT2D eigenvalue weighted by Crippen LogP contribution is -2.56. The molecule has 3 aliphatic rings. The highest BCUT2D eigenvalue weighted by Gasteiger charge is 2.47. The van der Waals surface area contributed by atoms with Crippen molar-refractivity contribution in [3.63, 3.8) is 0 Å². The predicted molar refractivity (Wildman–Crippen MR) is 81.1 cm³/mol. The fourth-order valence-corrected chi connectivity index (χ4v) is 5.12. The topological polar surface area (TPSA) is 29.3 Å². The number of likely N-dealkylation sites (tertiary alicyclic amines) is 1. The van der Waals surface area contributed by atoms with E-state index in [-0.39, 0.29) is 0 Å². The lowest BCUT2D eigenvalue weighted by molar-refractivity contribution is 0.0266. The van der Waals surface area contributed by atoms with Gasteiger partial charge in [0.1, 0.15) is 0 Å². The van der Waals surface area contributed by atoms with Crippen molar-refractivity contribution in [2.24, 2.45) is 17.1 Å². The van der Waals surface area contributed by atoms with Crippen molar-refractivity contribution in [3.8, 4) is 0 Å². The van der Waals surface area contributed by atoms with Crippen LogP contribution in [0.25, 0.3) is 0 Å². The van der Waals surface area contributed by atoms with Crippen LogP contribution in [0.15, 0.2) is 0 Å². The number of nitrogens with zero attached hydrogens (tertiary/aromatic N) is 1. The molecule has 1 saturated heterocycles. The Morgan fingerprint density at radius 2 is 1.74 bits per heavy atom. The van der Waals surface area contributed by atoms with E-state index in [9.17, 15) is 0 Å². The summed E-state index contributed by atoms with van der Waals surface area (Å²) in [5, 5.41) is 0. The van der Waals surface area contributed by atoms with Gasteiger partial charge in [-0.25, -0.2) is 0 Å². The molecule has 1 atom stereocenters. The molecule has 2 saturated carbocycles. The molecule has 2 aliphatic carbocycles. The van der Waals surface area contributed by atoms with E-state index in [2.05, 4.69) is 11.8 Å². The Kier molecular flexibility index (Phi) is 3.92. The lowest BCUT2D eigenvalue weighted by Gasteiger charge is -2.49. The van der Waals surface area contributed by atoms with Gasteiger partial charge in [-0.3, -0.25) is 4.90 Å². The second kappa shape index (κ2) is 5.37. The Labute approximate surface area is 119 Å². The summed E-state index contributed by atoms with van der Waals surface area (Å²) in [5.41, 5.74) is 7.36. The molecule has 0 aromatic heterocycles. The van der Waals surface area contributed by atoms with E-state index in [0.717, 1.165) is 17.9 Å². The summed E-state index contributed by atoms with van der Waals surface area (Å²) < 4.78 is 0. The average Bonchev–Trinajstić information content (AvgIpc) is 3.10. The molecule has 110 valence electrons. The molecular weight excluding hydrogens is 232 g/mol. The van der Waals surface area contributed by atoms with Gasteiger partial charge in [-0.15, -0.1) is 0 Å². The highest BCUT2D eigenvalue weighted by atomic mass is 15.2. The molecule has 2 N–H and O–H groups in total. The van der Waals surface area contributed by atoms with Crippen molar-refractivity contribution in [2.45, 2.75) is 76.7 Å². The normalized spacial score (nSPS) is 34.1. The number of hydrogen-bond acceptors (Lipinski definition) is 2. The van der Waals surface area contributed by atoms with Gasteiger partial charge in [0.05, 0.1) is 0 Å². The zero-order chi connectivity index (χ0) is 13.3. The fourth-order valence-electron chi connectivity index (χ4n) is 5.12. The summed E-state index contributed by atoms with van der Waals surface area (Å²) in [6, 6.07) is 0. The quantitative estimate of drug-likeness (QED) is 0.844. The standard InChI is InChI=1S/C17H32N2/c1-2-15-5-12-19(13-15)17(14-18)10-8-16(9-11-17)6-3-4-7-16/h15H,2-14,18H2,1H3. The van der Waals surface area contributed by atoms with Crippen molar-refractivity contribution in [2.75, 3.05) is 19.6 Å². The minimum Gasteiger partial charge on any atom is -0.329 e. The third-order valence-electron chi connectivity index (χ3n) is 6.82. The van der Waals surface area contributed by atoms with Crippen LogP contribution in [0.1, 0.15) is 71.1 Å². The molecule has 0 aromatic carbocycles. The maximum absolute atomic E-state index is 6.25. The van der Waals surface area contributed by atoms with Crippen LogP contribution in [0.3, 0.4) is 0 Å². The fraction of sp³-hybridized carbons (Fsp3) is 1.00. The van der Waals surface area contributed by atoms with Gasteiger partial charge in [-0.2, -0.15) is 0 Å². The third kappa shape index (κ3) is 2.47. The predicted octanol–water partition coefficient (Wildman–Crippen LogP) is 3.55. The Hall–Kier alpha value is -0.0800. The van der Waals surface area contributed by atoms with E-state index in [0.29, 0.717) is 5.54 Å². The maximum Gasteiger partial charge on any atom is 0.0332 e. The number of rotatable bonds is 3. The Morgan fingerprint density at radius 3 is 2.26 bits per heavy atom. The van der Waals surface area contributed by atoms with E-state index in [4.69, 9.17) is 5.73 Å². The summed E-state index contributed by atoms with van der Waals surface area (Å²) >= 11 is 0. The van der Waals surface area contributed by atoms with Crippen LogP contribution in [0.4, 0.5) is 0 Å². The van der Waals surface area contributed by atoms with Crippen LogP contribution in [0, 0.1) is 11.3 Å². The molecule has 3 fully saturated rings. The molecule has 1 unspecified atom stereocenters. The lowest BCUT2D eigenvalue weighted by atomic mass is 9.66. The minimum atomic E-state index is 0.373. The van der Waals surface area contributed by atoms with Crippen LogP contribution in [-0.4, -0.2) is 30.1 Å². The molecule has 2 nitrogen and oxygen atoms in total. The Bertz CT molecular complexity index is 296. The van der Waals surface area contributed by atoms with Crippen molar-refractivity contribution in [3.05, 3.63) is 0 Å². The van der Waals surface area contributed by atoms with Crippen LogP contribution in [0.2, 0.25) is 0 Å². The van der Waals surface area contributed by atoms with E-state index in [1.165, 1.54) is 77.3 Å². The molecular formula is C17H32N2. The molecule has 1 aliphatic heterocycles. The third-order valence-corrected chi connectivity index (χ3v) is 6.82. The van der Waals surface area contributed by atoms with E-state index < -0.39 is 0 Å². The summed E-state index contributed by atoms with van der Waals surface area (Å²) in [6.07, 6.45) is 14.4. The van der Waals surface area contributed by atoms with Crippen LogP contribution in [-0.2, 0) is 0 Å². The largest absolute Gasteiger partial charge is 0.329 e. The van der Waals surface area contributed by atoms with Gasteiger partial charge in [-0.05, 0) is 62.8 Å². The summed E-state index contributed by atoms with van der Waals surface area (Å²) in [4.78, 5) is 2.78. The second-order valence-electron chi connectivity index (χ2n) is 7.64. The van der Waals surface area contributed by atoms with Crippen LogP contribution >= 0.6 is 0 Å². The first-order valence-corrected chi connectivity index (χ1v) is 8.67. The first-order valence-electron chi connectivity index (χ1n) is 8.67. The highest BCUT2D eigenvalue weighted by molar-refractivity contribution is 5.02. The van der Waals surface area contributed by atoms with E-state index in [1.807, 2.05) is 0 Å². The van der Waals surface area contributed by atoms with Gasteiger partial charge in [-0.1, -0.05) is 26.2 Å². The van der Waals surface area contributed by atoms with Crippen molar-refractivity contribution < 1.29 is 0 Å². The Morgan fingerprint density at radius 1 is 1.05 bits per heavy atom. The molecule has 19 heavy (non-hydrogen) atoms. The van der Waals surface area contributed by atoms with Gasteiger partial charge in [0.15, 0.2) is 0 Å². The van der Waals surface area contributed by atoms with Gasteiger partial charge in [0.2, 0.25) is 0 Å². The molecule has 3 rings (SSSR count). The average molecular weight is 264 g/mol. The summed E-state index contributed by atoms with van der Waals surface area (Å²) in [5.74, 6) is 0.936. The maximum atomic E-state index is 6.25. The van der Waals surface area contributed by atoms with Gasteiger partial charge < -0.3 is 5.73 Å². The minimum absolute atomic E-state index is 0.373. The molecule has 1 spiro atoms. The zero-order valence-corrected chi connectivity index (χ0v) is 12.8. The van der Waals surface area contributed by atoms with E-state index in [1.54, 1.807) is 0 Å². The van der Waals surface area contributed by atoms with Gasteiger partial charge >= 0.3 is 0 Å². The number of hydrogen-bond donors (Lipinski definition) is 1. The molecule has 0 radical (unpaired) electrons.